The molecule has 2 saturated carbocycles. The number of carbonyl (C=O) groups is 2. The van der Waals surface area contributed by atoms with Crippen LogP contribution in [0.2, 0.25) is 0 Å². The van der Waals surface area contributed by atoms with Crippen LogP contribution in [-0.2, 0) is 19.1 Å². The summed E-state index contributed by atoms with van der Waals surface area (Å²) in [6.07, 6.45) is 2.29. The van der Waals surface area contributed by atoms with E-state index in [1.54, 1.807) is 0 Å². The van der Waals surface area contributed by atoms with E-state index in [9.17, 15) is 9.59 Å². The molecule has 3 fully saturated rings. The molecule has 178 valence electrons. The van der Waals surface area contributed by atoms with Crippen LogP contribution in [0, 0.1) is 22.2 Å². The number of rotatable bonds is 3. The number of hydrogen-bond acceptors (Lipinski definition) is 4. The minimum absolute atomic E-state index is 0.0597. The lowest BCUT2D eigenvalue weighted by Crippen LogP contribution is -2.38. The van der Waals surface area contributed by atoms with Gasteiger partial charge in [-0.2, -0.15) is 0 Å². The summed E-state index contributed by atoms with van der Waals surface area (Å²) in [5, 5.41) is 2.50. The molecule has 6 rings (SSSR count). The maximum absolute atomic E-state index is 13.0. The Kier molecular flexibility index (Phi) is 4.56. The number of esters is 1. The number of allylic oxidation sites excluding steroid dienone is 1. The van der Waals surface area contributed by atoms with E-state index in [4.69, 9.17) is 9.47 Å². The molecule has 4 heteroatoms. The van der Waals surface area contributed by atoms with Crippen LogP contribution in [0.1, 0.15) is 71.8 Å². The Morgan fingerprint density at radius 2 is 1.71 bits per heavy atom. The van der Waals surface area contributed by atoms with Crippen LogP contribution >= 0.6 is 0 Å². The van der Waals surface area contributed by atoms with Gasteiger partial charge in [0.1, 0.15) is 0 Å². The van der Waals surface area contributed by atoms with Crippen molar-refractivity contribution in [3.05, 3.63) is 59.2 Å². The largest absolute Gasteiger partial charge is 0.431 e. The van der Waals surface area contributed by atoms with Gasteiger partial charge < -0.3 is 9.47 Å². The van der Waals surface area contributed by atoms with E-state index in [0.717, 1.165) is 18.4 Å². The van der Waals surface area contributed by atoms with Gasteiger partial charge in [0.2, 0.25) is 6.29 Å². The van der Waals surface area contributed by atoms with Crippen LogP contribution in [0.5, 0.6) is 0 Å². The monoisotopic (exact) mass is 458 g/mol. The minimum Gasteiger partial charge on any atom is -0.431 e. The molecule has 1 heterocycles. The molecule has 2 aromatic carbocycles. The number of cyclic esters (lactones) is 1. The second-order valence-electron chi connectivity index (χ2n) is 12.0. The maximum atomic E-state index is 13.0. The molecule has 0 unspecified atom stereocenters. The van der Waals surface area contributed by atoms with E-state index in [0.29, 0.717) is 24.3 Å². The van der Waals surface area contributed by atoms with Crippen molar-refractivity contribution < 1.29 is 19.1 Å². The summed E-state index contributed by atoms with van der Waals surface area (Å²) >= 11 is 0. The Labute approximate surface area is 201 Å². The van der Waals surface area contributed by atoms with Gasteiger partial charge in [0.25, 0.3) is 0 Å². The van der Waals surface area contributed by atoms with E-state index >= 15 is 0 Å². The maximum Gasteiger partial charge on any atom is 0.318 e. The SMILES string of the molecule is CC1=C2[C@H](O[C@@H]3[C@H]4CC[C@@](C)([C@@H]3c3cccc5ccccc35)C4(C)C)OC(=O)[C@@]2(C)CCC1=O. The average Bonchev–Trinajstić information content (AvgIpc) is 3.26. The Bertz CT molecular complexity index is 1250. The lowest BCUT2D eigenvalue weighted by Gasteiger charge is -2.41. The highest BCUT2D eigenvalue weighted by molar-refractivity contribution is 6.00. The minimum atomic E-state index is -0.775. The van der Waals surface area contributed by atoms with Crippen molar-refractivity contribution in [2.24, 2.45) is 22.2 Å². The van der Waals surface area contributed by atoms with Gasteiger partial charge in [0, 0.05) is 17.9 Å². The highest BCUT2D eigenvalue weighted by Gasteiger charge is 2.68. The molecular formula is C30H34O4. The molecule has 2 bridgehead atoms. The third-order valence-electron chi connectivity index (χ3n) is 10.4. The third kappa shape index (κ3) is 2.64. The van der Waals surface area contributed by atoms with Crippen LogP contribution in [-0.4, -0.2) is 24.1 Å². The normalized spacial score (nSPS) is 38.5. The first kappa shape index (κ1) is 22.0. The van der Waals surface area contributed by atoms with Crippen LogP contribution in [0.15, 0.2) is 53.6 Å². The first-order valence-electron chi connectivity index (χ1n) is 12.7. The summed E-state index contributed by atoms with van der Waals surface area (Å²) in [5.41, 5.74) is 2.12. The van der Waals surface area contributed by atoms with Crippen LogP contribution in [0.4, 0.5) is 0 Å². The zero-order chi connectivity index (χ0) is 24.0. The molecule has 1 aliphatic heterocycles. The standard InChI is InChI=1S/C30H34O4/c1-17-22(31)14-15-29(4)23(17)26(34-27(29)32)33-25-21-13-16-30(5,28(21,2)3)24(25)20-12-8-10-18-9-6-7-11-19(18)20/h6-12,21,24-26H,13-16H2,1-5H3/t21-,24-,25-,26-,29+,30+/m1/s1. The molecule has 4 aliphatic rings. The summed E-state index contributed by atoms with van der Waals surface area (Å²) in [6.45, 7) is 10.9. The highest BCUT2D eigenvalue weighted by atomic mass is 16.7. The van der Waals surface area contributed by atoms with Gasteiger partial charge in [-0.1, -0.05) is 63.2 Å². The number of ether oxygens (including phenoxy) is 2. The fourth-order valence-electron chi connectivity index (χ4n) is 7.93. The Balaban J connectivity index is 1.47. The van der Waals surface area contributed by atoms with Gasteiger partial charge in [0.05, 0.1) is 11.5 Å². The highest BCUT2D eigenvalue weighted by Crippen LogP contribution is 2.72. The number of benzene rings is 2. The molecular weight excluding hydrogens is 424 g/mol. The Hall–Kier alpha value is -2.46. The molecule has 4 nitrogen and oxygen atoms in total. The van der Waals surface area contributed by atoms with E-state index in [1.807, 2.05) is 13.8 Å². The molecule has 1 saturated heterocycles. The zero-order valence-electron chi connectivity index (χ0n) is 20.8. The van der Waals surface area contributed by atoms with Gasteiger partial charge in [-0.3, -0.25) is 9.59 Å². The smallest absolute Gasteiger partial charge is 0.318 e. The molecule has 0 N–H and O–H groups in total. The van der Waals surface area contributed by atoms with Crippen LogP contribution in [0.25, 0.3) is 10.8 Å². The molecule has 0 spiro atoms. The van der Waals surface area contributed by atoms with Gasteiger partial charge in [-0.25, -0.2) is 0 Å². The predicted molar refractivity (Wildman–Crippen MR) is 131 cm³/mol. The number of fused-ring (bicyclic) bond motifs is 4. The number of Topliss-reactive ketones (excluding diaryl/α,β-unsaturated/α-hetero) is 1. The summed E-state index contributed by atoms with van der Waals surface area (Å²) in [4.78, 5) is 25.6. The fraction of sp³-hybridized carbons (Fsp3) is 0.533. The van der Waals surface area contributed by atoms with Crippen molar-refractivity contribution in [3.63, 3.8) is 0 Å². The molecule has 34 heavy (non-hydrogen) atoms. The Morgan fingerprint density at radius 3 is 2.50 bits per heavy atom. The number of carbonyl (C=O) groups excluding carboxylic acids is 2. The topological polar surface area (TPSA) is 52.6 Å². The second kappa shape index (κ2) is 7.04. The number of ketones is 1. The van der Waals surface area contributed by atoms with Gasteiger partial charge in [-0.15, -0.1) is 0 Å². The van der Waals surface area contributed by atoms with Crippen molar-refractivity contribution in [1.82, 2.24) is 0 Å². The lowest BCUT2D eigenvalue weighted by atomic mass is 9.64. The summed E-state index contributed by atoms with van der Waals surface area (Å²) in [7, 11) is 0. The van der Waals surface area contributed by atoms with Crippen molar-refractivity contribution in [3.8, 4) is 0 Å². The van der Waals surface area contributed by atoms with Crippen LogP contribution < -0.4 is 0 Å². The molecule has 0 radical (unpaired) electrons. The van der Waals surface area contributed by atoms with E-state index in [2.05, 4.69) is 63.2 Å². The molecule has 0 aromatic heterocycles. The van der Waals surface area contributed by atoms with Crippen LogP contribution in [0.3, 0.4) is 0 Å². The summed E-state index contributed by atoms with van der Waals surface area (Å²) in [5.74, 6) is 0.380. The van der Waals surface area contributed by atoms with Gasteiger partial charge >= 0.3 is 5.97 Å². The fourth-order valence-corrected chi connectivity index (χ4v) is 7.93. The lowest BCUT2D eigenvalue weighted by molar-refractivity contribution is -0.177. The first-order valence-corrected chi connectivity index (χ1v) is 12.7. The summed E-state index contributed by atoms with van der Waals surface area (Å²) < 4.78 is 12.8. The third-order valence-corrected chi connectivity index (χ3v) is 10.4. The van der Waals surface area contributed by atoms with Crippen molar-refractivity contribution in [2.75, 3.05) is 0 Å². The Morgan fingerprint density at radius 1 is 0.971 bits per heavy atom. The molecule has 6 atom stereocenters. The average molecular weight is 459 g/mol. The quantitative estimate of drug-likeness (QED) is 0.504. The first-order chi connectivity index (χ1) is 16.1. The second-order valence-corrected chi connectivity index (χ2v) is 12.0. The predicted octanol–water partition coefficient (Wildman–Crippen LogP) is 6.33. The van der Waals surface area contributed by atoms with Crippen molar-refractivity contribution >= 4 is 22.5 Å². The molecule has 3 aliphatic carbocycles. The van der Waals surface area contributed by atoms with Crippen molar-refractivity contribution in [2.45, 2.75) is 78.6 Å². The zero-order valence-corrected chi connectivity index (χ0v) is 20.8. The van der Waals surface area contributed by atoms with E-state index in [1.165, 1.54) is 16.3 Å². The van der Waals surface area contributed by atoms with Gasteiger partial charge in [-0.05, 0) is 71.8 Å². The van der Waals surface area contributed by atoms with Crippen molar-refractivity contribution in [1.29, 1.82) is 0 Å². The molecule has 2 aromatic rings. The molecule has 0 amide bonds. The number of hydrogen-bond donors (Lipinski definition) is 0. The van der Waals surface area contributed by atoms with E-state index in [-0.39, 0.29) is 34.6 Å². The summed E-state index contributed by atoms with van der Waals surface area (Å²) in [6, 6.07) is 15.1. The van der Waals surface area contributed by atoms with E-state index < -0.39 is 11.7 Å². The van der Waals surface area contributed by atoms with Gasteiger partial charge in [0.15, 0.2) is 5.78 Å².